The number of nitrogens with zero attached hydrogens (tertiary/aromatic N) is 4. The van der Waals surface area contributed by atoms with Crippen LogP contribution in [0.3, 0.4) is 0 Å². The van der Waals surface area contributed by atoms with Gasteiger partial charge in [-0.3, -0.25) is 9.32 Å². The molecule has 3 aromatic carbocycles. The van der Waals surface area contributed by atoms with Crippen molar-refractivity contribution in [1.82, 2.24) is 24.6 Å². The number of hydrogen-bond donors (Lipinski definition) is 4. The zero-order chi connectivity index (χ0) is 32.9. The molecule has 5 N–H and O–H groups in total. The van der Waals surface area contributed by atoms with Crippen molar-refractivity contribution in [1.29, 1.82) is 0 Å². The molecular formula is C32H33N6O8P. The molecule has 1 aliphatic heterocycles. The lowest BCUT2D eigenvalue weighted by atomic mass is 10.1. The average molecular weight is 661 g/mol. The number of nitrogens with one attached hydrogen (secondary N) is 1. The Morgan fingerprint density at radius 1 is 1.13 bits per heavy atom. The maximum Gasteiger partial charge on any atom is 0.459 e. The van der Waals surface area contributed by atoms with E-state index in [1.54, 1.807) is 29.7 Å². The van der Waals surface area contributed by atoms with Gasteiger partial charge in [-0.1, -0.05) is 66.7 Å². The minimum atomic E-state index is -4.33. The maximum absolute atomic E-state index is 14.3. The number of hydrogen-bond acceptors (Lipinski definition) is 12. The second-order valence-corrected chi connectivity index (χ2v) is 13.3. The summed E-state index contributed by atoms with van der Waals surface area (Å²) >= 11 is 0. The lowest BCUT2D eigenvalue weighted by Gasteiger charge is -2.26. The van der Waals surface area contributed by atoms with E-state index in [9.17, 15) is 19.6 Å². The van der Waals surface area contributed by atoms with E-state index in [1.165, 1.54) is 13.3 Å². The number of rotatable bonds is 11. The van der Waals surface area contributed by atoms with Crippen LogP contribution in [0.4, 0.5) is 5.82 Å². The van der Waals surface area contributed by atoms with E-state index < -0.39 is 56.3 Å². The standard InChI is InChI=1S/C32H33N6O8P/c1-18(31(40)43-15-20-9-4-3-5-10-20)37-47(42,46-23-14-8-12-21-11-6-7-13-22(21)23)44-16-24-27(39)25-28(32(25,41)45-24)38-17-34-26-29(33)35-19(2)36-30(26)38/h3-14,17-18,24-25,27-28,39,41H,15-16H2,1-2H3,(H,37,42)(H2,33,35,36)/t18-,24+,25?,27-,28-,32?,47?/m0/s1. The summed E-state index contributed by atoms with van der Waals surface area (Å²) in [6.07, 6.45) is -0.836. The second-order valence-electron chi connectivity index (χ2n) is 11.7. The van der Waals surface area contributed by atoms with Crippen molar-refractivity contribution >= 4 is 41.5 Å². The molecule has 0 radical (unpaired) electrons. The molecule has 1 saturated carbocycles. The number of esters is 1. The van der Waals surface area contributed by atoms with Crippen molar-refractivity contribution in [3.05, 3.63) is 90.5 Å². The quantitative estimate of drug-likeness (QED) is 0.119. The average Bonchev–Trinajstić information content (AvgIpc) is 3.29. The number of carbonyl (C=O) groups excluding carboxylic acids is 1. The van der Waals surface area contributed by atoms with Gasteiger partial charge in [-0.2, -0.15) is 5.09 Å². The third-order valence-electron chi connectivity index (χ3n) is 8.39. The topological polar surface area (TPSA) is 193 Å². The molecule has 0 bridgehead atoms. The molecule has 2 aliphatic rings. The number of aromatic nitrogens is 4. The summed E-state index contributed by atoms with van der Waals surface area (Å²) in [5, 5.41) is 26.7. The van der Waals surface area contributed by atoms with Crippen LogP contribution >= 0.6 is 7.75 Å². The Balaban J connectivity index is 1.08. The third-order valence-corrected chi connectivity index (χ3v) is 10.0. The molecule has 0 amide bonds. The van der Waals surface area contributed by atoms with Crippen molar-refractivity contribution in [3.63, 3.8) is 0 Å². The fourth-order valence-corrected chi connectivity index (χ4v) is 7.57. The number of aryl methyl sites for hydroxylation is 1. The van der Waals surface area contributed by atoms with Gasteiger partial charge in [0.05, 0.1) is 25.0 Å². The number of aliphatic hydroxyl groups excluding tert-OH is 1. The van der Waals surface area contributed by atoms with Crippen molar-refractivity contribution in [2.75, 3.05) is 12.3 Å². The summed E-state index contributed by atoms with van der Waals surface area (Å²) in [7, 11) is -4.33. The van der Waals surface area contributed by atoms with E-state index in [2.05, 4.69) is 20.0 Å². The second kappa shape index (κ2) is 12.0. The molecule has 14 nitrogen and oxygen atoms in total. The monoisotopic (exact) mass is 660 g/mol. The van der Waals surface area contributed by atoms with Crippen LogP contribution in [0.5, 0.6) is 5.75 Å². The zero-order valence-corrected chi connectivity index (χ0v) is 26.4. The summed E-state index contributed by atoms with van der Waals surface area (Å²) in [6.45, 7) is 2.75. The summed E-state index contributed by atoms with van der Waals surface area (Å²) in [5.41, 5.74) is 7.55. The Bertz CT molecular complexity index is 2000. The van der Waals surface area contributed by atoms with E-state index in [1.807, 2.05) is 54.6 Å². The minimum absolute atomic E-state index is 0.0225. The number of carbonyl (C=O) groups is 1. The van der Waals surface area contributed by atoms with Crippen molar-refractivity contribution < 1.29 is 38.1 Å². The van der Waals surface area contributed by atoms with Crippen molar-refractivity contribution in [2.45, 2.75) is 50.5 Å². The fraction of sp³-hybridized carbons (Fsp3) is 0.312. The van der Waals surface area contributed by atoms with Gasteiger partial charge >= 0.3 is 13.7 Å². The molecule has 15 heteroatoms. The molecule has 3 heterocycles. The molecule has 1 saturated heterocycles. The Labute approximate surface area is 269 Å². The van der Waals surface area contributed by atoms with Gasteiger partial charge < -0.3 is 34.5 Å². The van der Waals surface area contributed by atoms with Gasteiger partial charge in [0.2, 0.25) is 0 Å². The van der Waals surface area contributed by atoms with E-state index in [0.29, 0.717) is 22.4 Å². The van der Waals surface area contributed by atoms with E-state index in [4.69, 9.17) is 24.3 Å². The predicted molar refractivity (Wildman–Crippen MR) is 170 cm³/mol. The first-order valence-electron chi connectivity index (χ1n) is 15.0. The number of nitrogens with two attached hydrogens (primary N) is 1. The van der Waals surface area contributed by atoms with Gasteiger partial charge in [0.25, 0.3) is 0 Å². The summed E-state index contributed by atoms with van der Waals surface area (Å²) in [6, 6.07) is 20.0. The van der Waals surface area contributed by atoms with Gasteiger partial charge in [-0.05, 0) is 30.9 Å². The van der Waals surface area contributed by atoms with Crippen LogP contribution in [0.2, 0.25) is 0 Å². The molecule has 7 rings (SSSR count). The van der Waals surface area contributed by atoms with Crippen LogP contribution in [0.1, 0.15) is 24.4 Å². The van der Waals surface area contributed by atoms with Crippen LogP contribution in [0, 0.1) is 12.8 Å². The molecule has 5 aromatic rings. The van der Waals surface area contributed by atoms with Gasteiger partial charge in [-0.25, -0.2) is 19.5 Å². The van der Waals surface area contributed by atoms with Crippen LogP contribution in [0.25, 0.3) is 21.9 Å². The Kier molecular flexibility index (Phi) is 7.95. The van der Waals surface area contributed by atoms with Gasteiger partial charge in [0, 0.05) is 5.39 Å². The Morgan fingerprint density at radius 3 is 2.64 bits per heavy atom. The molecule has 7 atom stereocenters. The minimum Gasteiger partial charge on any atom is -0.460 e. The molecule has 1 aliphatic carbocycles. The summed E-state index contributed by atoms with van der Waals surface area (Å²) < 4.78 is 39.0. The van der Waals surface area contributed by atoms with Crippen LogP contribution in [-0.2, 0) is 30.0 Å². The number of imidazole rings is 1. The number of benzene rings is 3. The molecule has 3 unspecified atom stereocenters. The highest BCUT2D eigenvalue weighted by Crippen LogP contribution is 2.63. The first-order chi connectivity index (χ1) is 22.6. The lowest BCUT2D eigenvalue weighted by molar-refractivity contribution is -0.161. The lowest BCUT2D eigenvalue weighted by Crippen LogP contribution is -2.37. The number of anilines is 1. The normalized spacial score (nSPS) is 25.3. The Hall–Kier alpha value is -4.43. The zero-order valence-electron chi connectivity index (χ0n) is 25.5. The number of fused-ring (bicyclic) bond motifs is 3. The van der Waals surface area contributed by atoms with E-state index in [0.717, 1.165) is 10.9 Å². The van der Waals surface area contributed by atoms with E-state index in [-0.39, 0.29) is 18.2 Å². The summed E-state index contributed by atoms with van der Waals surface area (Å²) in [5.74, 6) is -2.33. The van der Waals surface area contributed by atoms with Crippen LogP contribution in [0.15, 0.2) is 79.1 Å². The van der Waals surface area contributed by atoms with Gasteiger partial charge in [-0.15, -0.1) is 0 Å². The van der Waals surface area contributed by atoms with Crippen LogP contribution in [-0.4, -0.2) is 66.3 Å². The number of ether oxygens (including phenoxy) is 2. The van der Waals surface area contributed by atoms with Gasteiger partial charge in [0.1, 0.15) is 41.9 Å². The first kappa shape index (κ1) is 31.2. The molecule has 244 valence electrons. The number of nitrogen functional groups attached to an aromatic ring is 1. The highest BCUT2D eigenvalue weighted by atomic mass is 31.2. The molecule has 47 heavy (non-hydrogen) atoms. The smallest absolute Gasteiger partial charge is 0.459 e. The fourth-order valence-electron chi connectivity index (χ4n) is 6.05. The predicted octanol–water partition coefficient (Wildman–Crippen LogP) is 3.41. The molecule has 2 aromatic heterocycles. The Morgan fingerprint density at radius 2 is 1.87 bits per heavy atom. The highest BCUT2D eigenvalue weighted by Gasteiger charge is 2.77. The van der Waals surface area contributed by atoms with Gasteiger partial charge in [0.15, 0.2) is 17.3 Å². The SMILES string of the molecule is Cc1nc(N)c2ncn([C@H]3C4[C@@H](O)[C@@H](COP(=O)(N[C@@H](C)C(=O)OCc5ccccc5)Oc5cccc6ccccc56)OC43O)c2n1. The van der Waals surface area contributed by atoms with Crippen LogP contribution < -0.4 is 15.3 Å². The molecule has 0 spiro atoms. The van der Waals surface area contributed by atoms with Crippen molar-refractivity contribution in [2.24, 2.45) is 5.92 Å². The maximum atomic E-state index is 14.3. The van der Waals surface area contributed by atoms with E-state index >= 15 is 0 Å². The largest absolute Gasteiger partial charge is 0.460 e. The number of aliphatic hydroxyl groups is 2. The highest BCUT2D eigenvalue weighted by molar-refractivity contribution is 7.52. The molecule has 2 fully saturated rings. The third kappa shape index (κ3) is 5.84. The first-order valence-corrected chi connectivity index (χ1v) is 16.6. The molecular weight excluding hydrogens is 627 g/mol. The van der Waals surface area contributed by atoms with Crippen molar-refractivity contribution in [3.8, 4) is 5.75 Å². The summed E-state index contributed by atoms with van der Waals surface area (Å²) in [4.78, 5) is 25.7.